The Morgan fingerprint density at radius 2 is 1.94 bits per heavy atom. The molecule has 0 spiro atoms. The summed E-state index contributed by atoms with van der Waals surface area (Å²) in [4.78, 5) is 37.8. The van der Waals surface area contributed by atoms with Crippen LogP contribution in [-0.2, 0) is 23.4 Å². The van der Waals surface area contributed by atoms with E-state index in [1.54, 1.807) is 44.2 Å². The summed E-state index contributed by atoms with van der Waals surface area (Å²) in [6, 6.07) is 7.13. The summed E-state index contributed by atoms with van der Waals surface area (Å²) in [7, 11) is -4.20. The number of nitrogens with two attached hydrogens (primary N) is 1. The maximum atomic E-state index is 13.5. The summed E-state index contributed by atoms with van der Waals surface area (Å²) in [5.41, 5.74) is 4.64. The molecule has 0 aliphatic carbocycles. The Bertz CT molecular complexity index is 1170. The Morgan fingerprint density at radius 3 is 2.57 bits per heavy atom. The van der Waals surface area contributed by atoms with Gasteiger partial charge in [0, 0.05) is 12.3 Å². The van der Waals surface area contributed by atoms with Crippen molar-refractivity contribution in [2.45, 2.75) is 57.4 Å². The van der Waals surface area contributed by atoms with Gasteiger partial charge in [0.2, 0.25) is 0 Å². The third-order valence-corrected chi connectivity index (χ3v) is 6.62. The lowest BCUT2D eigenvalue weighted by Gasteiger charge is -2.25. The fraction of sp³-hybridized carbons (Fsp3) is 0.476. The molecule has 13 nitrogen and oxygen atoms in total. The van der Waals surface area contributed by atoms with E-state index in [4.69, 9.17) is 24.3 Å². The number of aliphatic hydroxyl groups excluding tert-OH is 1. The van der Waals surface area contributed by atoms with Crippen LogP contribution in [0.15, 0.2) is 52.2 Å². The number of carbonyl (C=O) groups is 1. The van der Waals surface area contributed by atoms with Gasteiger partial charge in [0.1, 0.15) is 24.0 Å². The number of hydrogen-bond acceptors (Lipinski definition) is 10. The number of carbonyl (C=O) groups excluding carboxylic acids is 1. The van der Waals surface area contributed by atoms with E-state index < -0.39 is 62.1 Å². The first kappa shape index (κ1) is 26.8. The molecular formula is C21H29N4O9P. The molecule has 1 fully saturated rings. The Labute approximate surface area is 200 Å². The fourth-order valence-corrected chi connectivity index (χ4v) is 4.79. The summed E-state index contributed by atoms with van der Waals surface area (Å²) in [6.45, 7) is 4.32. The number of aromatic nitrogens is 2. The SMILES string of the molecule is CC(C)OC(=O)[C@@H](C)N[P@](=O)(OC[C@H]1O[C@@H](n2ccc(=O)[nH]c2=O)[C@H](N)[C@@H]1O)Oc1ccccc1. The first-order valence-corrected chi connectivity index (χ1v) is 12.4. The molecule has 2 heterocycles. The van der Waals surface area contributed by atoms with Gasteiger partial charge in [0.05, 0.1) is 18.8 Å². The normalized spacial score (nSPS) is 24.6. The first-order chi connectivity index (χ1) is 16.5. The Morgan fingerprint density at radius 1 is 1.26 bits per heavy atom. The van der Waals surface area contributed by atoms with Gasteiger partial charge in [-0.15, -0.1) is 0 Å². The molecular weight excluding hydrogens is 483 g/mol. The van der Waals surface area contributed by atoms with Gasteiger partial charge in [-0.3, -0.25) is 23.7 Å². The van der Waals surface area contributed by atoms with Crippen LogP contribution in [0.3, 0.4) is 0 Å². The number of benzene rings is 1. The predicted octanol–water partition coefficient (Wildman–Crippen LogP) is 0.256. The number of aliphatic hydroxyl groups is 1. The van der Waals surface area contributed by atoms with Crippen molar-refractivity contribution in [3.05, 3.63) is 63.4 Å². The molecule has 0 saturated carbocycles. The number of aromatic amines is 1. The average molecular weight is 512 g/mol. The topological polar surface area (TPSA) is 184 Å². The van der Waals surface area contributed by atoms with E-state index in [0.29, 0.717) is 0 Å². The van der Waals surface area contributed by atoms with Crippen LogP contribution < -0.4 is 26.6 Å². The highest BCUT2D eigenvalue weighted by molar-refractivity contribution is 7.52. The molecule has 0 amide bonds. The molecule has 192 valence electrons. The van der Waals surface area contributed by atoms with Crippen molar-refractivity contribution in [2.75, 3.05) is 6.61 Å². The molecule has 14 heteroatoms. The zero-order chi connectivity index (χ0) is 25.8. The van der Waals surface area contributed by atoms with Crippen LogP contribution in [-0.4, -0.2) is 57.6 Å². The second kappa shape index (κ2) is 11.3. The van der Waals surface area contributed by atoms with E-state index in [-0.39, 0.29) is 11.9 Å². The first-order valence-electron chi connectivity index (χ1n) is 10.9. The number of nitrogens with one attached hydrogen (secondary N) is 2. The van der Waals surface area contributed by atoms with E-state index in [9.17, 15) is 24.1 Å². The minimum atomic E-state index is -4.20. The van der Waals surface area contributed by atoms with Crippen molar-refractivity contribution < 1.29 is 33.0 Å². The van der Waals surface area contributed by atoms with Crippen LogP contribution in [0.4, 0.5) is 0 Å². The fourth-order valence-electron chi connectivity index (χ4n) is 3.29. The van der Waals surface area contributed by atoms with Gasteiger partial charge in [-0.2, -0.15) is 5.09 Å². The molecule has 1 aliphatic heterocycles. The zero-order valence-corrected chi connectivity index (χ0v) is 20.3. The van der Waals surface area contributed by atoms with E-state index in [2.05, 4.69) is 10.1 Å². The van der Waals surface area contributed by atoms with Crippen LogP contribution in [0, 0.1) is 0 Å². The van der Waals surface area contributed by atoms with Crippen molar-refractivity contribution in [3.63, 3.8) is 0 Å². The molecule has 0 radical (unpaired) electrons. The Kier molecular flexibility index (Phi) is 8.65. The van der Waals surface area contributed by atoms with Crippen molar-refractivity contribution >= 4 is 13.7 Å². The molecule has 1 aromatic heterocycles. The number of ether oxygens (including phenoxy) is 2. The van der Waals surface area contributed by atoms with Gasteiger partial charge < -0.3 is 24.8 Å². The summed E-state index contributed by atoms with van der Waals surface area (Å²) in [6.07, 6.45) is -2.74. The van der Waals surface area contributed by atoms with Crippen molar-refractivity contribution in [1.82, 2.24) is 14.6 Å². The minimum Gasteiger partial charge on any atom is -0.462 e. The maximum Gasteiger partial charge on any atom is 0.459 e. The monoisotopic (exact) mass is 512 g/mol. The average Bonchev–Trinajstić information content (AvgIpc) is 3.06. The molecule has 2 aromatic rings. The van der Waals surface area contributed by atoms with E-state index in [1.165, 1.54) is 13.1 Å². The number of esters is 1. The van der Waals surface area contributed by atoms with Gasteiger partial charge in [0.15, 0.2) is 6.23 Å². The van der Waals surface area contributed by atoms with Gasteiger partial charge in [-0.25, -0.2) is 9.36 Å². The molecule has 6 atom stereocenters. The van der Waals surface area contributed by atoms with E-state index in [0.717, 1.165) is 10.6 Å². The highest BCUT2D eigenvalue weighted by Crippen LogP contribution is 2.45. The van der Waals surface area contributed by atoms with Crippen molar-refractivity contribution in [3.8, 4) is 5.75 Å². The third kappa shape index (κ3) is 6.88. The zero-order valence-electron chi connectivity index (χ0n) is 19.4. The number of nitrogens with zero attached hydrogens (tertiary/aromatic N) is 1. The van der Waals surface area contributed by atoms with Crippen LogP contribution in [0.5, 0.6) is 5.75 Å². The quantitative estimate of drug-likeness (QED) is 0.253. The van der Waals surface area contributed by atoms with Crippen LogP contribution in [0.25, 0.3) is 0 Å². The van der Waals surface area contributed by atoms with Crippen LogP contribution >= 0.6 is 7.75 Å². The Hall–Kier alpha value is -2.80. The summed E-state index contributed by atoms with van der Waals surface area (Å²) < 4.78 is 36.5. The second-order valence-corrected chi connectivity index (χ2v) is 9.88. The van der Waals surface area contributed by atoms with Gasteiger partial charge in [-0.05, 0) is 32.9 Å². The third-order valence-electron chi connectivity index (χ3n) is 4.98. The Balaban J connectivity index is 1.75. The summed E-state index contributed by atoms with van der Waals surface area (Å²) in [5.74, 6) is -0.466. The molecule has 3 rings (SSSR count). The van der Waals surface area contributed by atoms with Crippen LogP contribution in [0.2, 0.25) is 0 Å². The number of hydrogen-bond donors (Lipinski definition) is 4. The van der Waals surface area contributed by atoms with Gasteiger partial charge in [-0.1, -0.05) is 18.2 Å². The summed E-state index contributed by atoms with van der Waals surface area (Å²) in [5, 5.41) is 13.1. The molecule has 5 N–H and O–H groups in total. The largest absolute Gasteiger partial charge is 0.462 e. The van der Waals surface area contributed by atoms with Crippen LogP contribution in [0.1, 0.15) is 27.0 Å². The minimum absolute atomic E-state index is 0.204. The standard InChI is InChI=1S/C21H29N4O9P/c1-12(2)32-20(28)13(3)24-35(30,34-14-7-5-4-6-8-14)31-11-15-18(27)17(22)19(33-15)25-10-9-16(26)23-21(25)29/h4-10,12-13,15,17-19,27H,11,22H2,1-3H3,(H,24,30)(H,23,26,29)/t13-,15-,17-,18-,19-,35+/m1/s1. The predicted molar refractivity (Wildman–Crippen MR) is 124 cm³/mol. The molecule has 1 aliphatic rings. The lowest BCUT2D eigenvalue weighted by molar-refractivity contribution is -0.149. The molecule has 35 heavy (non-hydrogen) atoms. The second-order valence-electron chi connectivity index (χ2n) is 8.18. The lowest BCUT2D eigenvalue weighted by Crippen LogP contribution is -2.43. The van der Waals surface area contributed by atoms with Crippen molar-refractivity contribution in [1.29, 1.82) is 0 Å². The highest BCUT2D eigenvalue weighted by atomic mass is 31.2. The highest BCUT2D eigenvalue weighted by Gasteiger charge is 2.44. The lowest BCUT2D eigenvalue weighted by atomic mass is 10.1. The smallest absolute Gasteiger partial charge is 0.459 e. The molecule has 1 saturated heterocycles. The molecule has 1 aromatic carbocycles. The maximum absolute atomic E-state index is 13.5. The number of para-hydroxylation sites is 1. The van der Waals surface area contributed by atoms with Gasteiger partial charge >= 0.3 is 19.4 Å². The van der Waals surface area contributed by atoms with E-state index in [1.807, 2.05) is 0 Å². The summed E-state index contributed by atoms with van der Waals surface area (Å²) >= 11 is 0. The molecule has 0 bridgehead atoms. The van der Waals surface area contributed by atoms with Crippen molar-refractivity contribution in [2.24, 2.45) is 5.73 Å². The number of rotatable bonds is 10. The van der Waals surface area contributed by atoms with E-state index >= 15 is 0 Å². The number of H-pyrrole nitrogens is 1. The van der Waals surface area contributed by atoms with Gasteiger partial charge in [0.25, 0.3) is 5.56 Å². The molecule has 0 unspecified atom stereocenters.